The van der Waals surface area contributed by atoms with Crippen LogP contribution >= 0.6 is 22.7 Å². The number of thiophene rings is 2. The molecule has 12 rings (SSSR count). The van der Waals surface area contributed by atoms with Crippen LogP contribution in [0.2, 0.25) is 0 Å². The van der Waals surface area contributed by atoms with E-state index in [1.54, 1.807) is 11.3 Å². The van der Waals surface area contributed by atoms with E-state index in [2.05, 4.69) is 156 Å². The molecule has 12 aromatic rings. The Morgan fingerprint density at radius 1 is 0.431 bits per heavy atom. The van der Waals surface area contributed by atoms with Crippen molar-refractivity contribution in [1.29, 1.82) is 0 Å². The highest BCUT2D eigenvalue weighted by atomic mass is 32.1. The fraction of sp³-hybridized carbons (Fsp3) is 0. The Kier molecular flexibility index (Phi) is 5.53. The minimum atomic E-state index is 0.691. The normalized spacial score (nSPS) is 12.3. The zero-order valence-electron chi connectivity index (χ0n) is 27.1. The molecule has 0 saturated carbocycles. The molecule has 0 bridgehead atoms. The molecular weight excluding hydrogens is 659 g/mol. The fourth-order valence-corrected chi connectivity index (χ4v) is 10.8. The lowest BCUT2D eigenvalue weighted by Gasteiger charge is -2.14. The summed E-state index contributed by atoms with van der Waals surface area (Å²) in [6.45, 7) is 0. The van der Waals surface area contributed by atoms with E-state index in [1.165, 1.54) is 68.0 Å². The summed E-state index contributed by atoms with van der Waals surface area (Å²) in [7, 11) is 0. The van der Waals surface area contributed by atoms with E-state index in [1.807, 2.05) is 11.3 Å². The molecule has 4 aromatic heterocycles. The van der Waals surface area contributed by atoms with Gasteiger partial charge in [0.1, 0.15) is 0 Å². The summed E-state index contributed by atoms with van der Waals surface area (Å²) in [4.78, 5) is 11.2. The molecule has 0 saturated heterocycles. The highest BCUT2D eigenvalue weighted by Gasteiger charge is 2.25. The quantitative estimate of drug-likeness (QED) is 0.170. The second-order valence-electron chi connectivity index (χ2n) is 13.3. The van der Waals surface area contributed by atoms with Crippen molar-refractivity contribution in [2.45, 2.75) is 0 Å². The van der Waals surface area contributed by atoms with Gasteiger partial charge in [-0.25, -0.2) is 9.97 Å². The van der Waals surface area contributed by atoms with Gasteiger partial charge in [-0.1, -0.05) is 127 Å². The number of rotatable bonds is 2. The minimum absolute atomic E-state index is 0.691. The minimum Gasteiger partial charge on any atom is -0.277 e. The van der Waals surface area contributed by atoms with E-state index < -0.39 is 0 Å². The fourth-order valence-electron chi connectivity index (χ4n) is 8.44. The maximum atomic E-state index is 5.68. The Labute approximate surface area is 299 Å². The molecular formula is C46H25N3S2. The molecule has 0 amide bonds. The average molecular weight is 684 g/mol. The zero-order chi connectivity index (χ0) is 33.2. The number of fused-ring (bicyclic) bond motifs is 16. The van der Waals surface area contributed by atoms with E-state index in [-0.39, 0.29) is 0 Å². The SMILES string of the molecule is c1ccc2c(c1)cc(-c1nc(-n3c4ccccc4c4c5ccccc5c5sc6ccccc6c5c43)nc3c1sc1ccccc13)c1ccccc12. The summed E-state index contributed by atoms with van der Waals surface area (Å²) in [6, 6.07) is 54.9. The van der Waals surface area contributed by atoms with Crippen LogP contribution in [0.1, 0.15) is 0 Å². The molecule has 0 N–H and O–H groups in total. The van der Waals surface area contributed by atoms with Crippen molar-refractivity contribution >= 4 is 117 Å². The molecule has 51 heavy (non-hydrogen) atoms. The average Bonchev–Trinajstić information content (AvgIpc) is 3.87. The highest BCUT2D eigenvalue weighted by Crippen LogP contribution is 2.48. The van der Waals surface area contributed by atoms with Gasteiger partial charge in [0.15, 0.2) is 0 Å². The van der Waals surface area contributed by atoms with Crippen molar-refractivity contribution in [1.82, 2.24) is 14.5 Å². The molecule has 236 valence electrons. The molecule has 0 fully saturated rings. The monoisotopic (exact) mass is 683 g/mol. The molecule has 0 radical (unpaired) electrons. The van der Waals surface area contributed by atoms with Gasteiger partial charge in [-0.3, -0.25) is 4.57 Å². The standard InChI is InChI=1S/C46H25N3S2/c1-2-14-27-26(13-1)25-35(29-16-4-3-15-28(27)29)42-45-41(34-21-9-12-24-38(34)51-45)47-46(48-42)49-36-22-10-7-19-32(36)39-30-17-5-6-18-31(30)44-40(43(39)49)33-20-8-11-23-37(33)50-44/h1-25H. The van der Waals surface area contributed by atoms with Gasteiger partial charge < -0.3 is 0 Å². The van der Waals surface area contributed by atoms with Crippen LogP contribution in [0.4, 0.5) is 0 Å². The third-order valence-electron chi connectivity index (χ3n) is 10.6. The predicted octanol–water partition coefficient (Wildman–Crippen LogP) is 13.4. The Balaban J connectivity index is 1.32. The topological polar surface area (TPSA) is 30.7 Å². The number of para-hydroxylation sites is 1. The lowest BCUT2D eigenvalue weighted by Crippen LogP contribution is -2.03. The summed E-state index contributed by atoms with van der Waals surface area (Å²) in [6.07, 6.45) is 0. The molecule has 8 aromatic carbocycles. The summed E-state index contributed by atoms with van der Waals surface area (Å²) in [5, 5.41) is 13.6. The van der Waals surface area contributed by atoms with Gasteiger partial charge in [0, 0.05) is 52.0 Å². The Hall–Kier alpha value is -6.14. The van der Waals surface area contributed by atoms with E-state index in [4.69, 9.17) is 9.97 Å². The summed E-state index contributed by atoms with van der Waals surface area (Å²) >= 11 is 3.66. The predicted molar refractivity (Wildman–Crippen MR) is 220 cm³/mol. The molecule has 0 spiro atoms. The van der Waals surface area contributed by atoms with Crippen LogP contribution < -0.4 is 0 Å². The van der Waals surface area contributed by atoms with Crippen LogP contribution in [-0.2, 0) is 0 Å². The van der Waals surface area contributed by atoms with Gasteiger partial charge in [0.05, 0.1) is 26.9 Å². The van der Waals surface area contributed by atoms with E-state index in [0.717, 1.165) is 37.9 Å². The maximum absolute atomic E-state index is 5.68. The van der Waals surface area contributed by atoms with Crippen LogP contribution in [0.3, 0.4) is 0 Å². The molecule has 0 unspecified atom stereocenters. The highest BCUT2D eigenvalue weighted by molar-refractivity contribution is 7.27. The van der Waals surface area contributed by atoms with Crippen LogP contribution in [0.25, 0.3) is 112 Å². The van der Waals surface area contributed by atoms with Crippen molar-refractivity contribution in [3.05, 3.63) is 152 Å². The van der Waals surface area contributed by atoms with Crippen molar-refractivity contribution in [2.24, 2.45) is 0 Å². The first-order valence-electron chi connectivity index (χ1n) is 17.2. The molecule has 0 atom stereocenters. The number of aromatic nitrogens is 3. The number of hydrogen-bond donors (Lipinski definition) is 0. The van der Waals surface area contributed by atoms with Crippen molar-refractivity contribution in [2.75, 3.05) is 0 Å². The molecule has 0 aliphatic carbocycles. The second kappa shape index (κ2) is 10.2. The lowest BCUT2D eigenvalue weighted by atomic mass is 9.95. The molecule has 4 heterocycles. The molecule has 0 aliphatic heterocycles. The number of benzene rings is 8. The lowest BCUT2D eigenvalue weighted by molar-refractivity contribution is 1.02. The van der Waals surface area contributed by atoms with E-state index in [9.17, 15) is 0 Å². The molecule has 5 heteroatoms. The summed E-state index contributed by atoms with van der Waals surface area (Å²) < 4.78 is 7.26. The first-order chi connectivity index (χ1) is 25.3. The smallest absolute Gasteiger partial charge is 0.235 e. The van der Waals surface area contributed by atoms with E-state index >= 15 is 0 Å². The largest absolute Gasteiger partial charge is 0.277 e. The zero-order valence-corrected chi connectivity index (χ0v) is 28.7. The van der Waals surface area contributed by atoms with Gasteiger partial charge in [-0.05, 0) is 51.2 Å². The van der Waals surface area contributed by atoms with Crippen LogP contribution in [0.15, 0.2) is 152 Å². The summed E-state index contributed by atoms with van der Waals surface area (Å²) in [5.74, 6) is 0.691. The van der Waals surface area contributed by atoms with Crippen LogP contribution in [0.5, 0.6) is 0 Å². The van der Waals surface area contributed by atoms with Gasteiger partial charge in [0.2, 0.25) is 5.95 Å². The van der Waals surface area contributed by atoms with E-state index in [0.29, 0.717) is 5.95 Å². The number of hydrogen-bond acceptors (Lipinski definition) is 4. The first-order valence-corrected chi connectivity index (χ1v) is 18.8. The van der Waals surface area contributed by atoms with Crippen LogP contribution in [-0.4, -0.2) is 14.5 Å². The van der Waals surface area contributed by atoms with Gasteiger partial charge in [-0.2, -0.15) is 0 Å². The number of nitrogens with zero attached hydrogens (tertiary/aromatic N) is 3. The third-order valence-corrected chi connectivity index (χ3v) is 12.9. The first kappa shape index (κ1) is 27.7. The Morgan fingerprint density at radius 3 is 1.84 bits per heavy atom. The second-order valence-corrected chi connectivity index (χ2v) is 15.4. The Morgan fingerprint density at radius 2 is 1.02 bits per heavy atom. The maximum Gasteiger partial charge on any atom is 0.235 e. The molecule has 3 nitrogen and oxygen atoms in total. The molecule has 0 aliphatic rings. The van der Waals surface area contributed by atoms with Gasteiger partial charge in [0.25, 0.3) is 0 Å². The van der Waals surface area contributed by atoms with Crippen LogP contribution in [0, 0.1) is 0 Å². The van der Waals surface area contributed by atoms with Gasteiger partial charge >= 0.3 is 0 Å². The Bertz CT molecular complexity index is 3440. The van der Waals surface area contributed by atoms with Crippen molar-refractivity contribution in [3.8, 4) is 17.2 Å². The third kappa shape index (κ3) is 3.71. The van der Waals surface area contributed by atoms with Gasteiger partial charge in [-0.15, -0.1) is 22.7 Å². The van der Waals surface area contributed by atoms with Crippen molar-refractivity contribution in [3.63, 3.8) is 0 Å². The van der Waals surface area contributed by atoms with Crippen molar-refractivity contribution < 1.29 is 0 Å². The summed E-state index contributed by atoms with van der Waals surface area (Å²) in [5.41, 5.74) is 5.35.